The van der Waals surface area contributed by atoms with Crippen LogP contribution in [0.2, 0.25) is 0 Å². The third kappa shape index (κ3) is 2.68. The molecule has 2 aromatic rings. The van der Waals surface area contributed by atoms with Crippen molar-refractivity contribution in [3.05, 3.63) is 53.6 Å². The third-order valence-electron chi connectivity index (χ3n) is 2.95. The van der Waals surface area contributed by atoms with E-state index in [4.69, 9.17) is 5.73 Å². The minimum atomic E-state index is -0.586. The van der Waals surface area contributed by atoms with E-state index in [0.717, 1.165) is 11.1 Å². The number of phenols is 1. The summed E-state index contributed by atoms with van der Waals surface area (Å²) in [6, 6.07) is 11.7. The SMILES string of the molecule is Cc1ccc(N(C(N)=O)c2cc(O)ccc2C)cc1. The molecule has 0 aromatic heterocycles. The van der Waals surface area contributed by atoms with Crippen molar-refractivity contribution in [3.8, 4) is 5.75 Å². The second-order valence-electron chi connectivity index (χ2n) is 4.48. The maximum Gasteiger partial charge on any atom is 0.323 e. The smallest absolute Gasteiger partial charge is 0.323 e. The van der Waals surface area contributed by atoms with Crippen LogP contribution in [0.4, 0.5) is 16.2 Å². The number of nitrogens with two attached hydrogens (primary N) is 1. The van der Waals surface area contributed by atoms with E-state index in [1.165, 1.54) is 11.0 Å². The highest BCUT2D eigenvalue weighted by Gasteiger charge is 2.17. The van der Waals surface area contributed by atoms with Gasteiger partial charge in [-0.05, 0) is 37.6 Å². The zero-order valence-electron chi connectivity index (χ0n) is 10.9. The normalized spacial score (nSPS) is 10.2. The number of amides is 2. The first-order valence-corrected chi connectivity index (χ1v) is 5.95. The van der Waals surface area contributed by atoms with E-state index >= 15 is 0 Å². The van der Waals surface area contributed by atoms with Gasteiger partial charge in [-0.1, -0.05) is 23.8 Å². The van der Waals surface area contributed by atoms with Crippen molar-refractivity contribution in [3.63, 3.8) is 0 Å². The highest BCUT2D eigenvalue weighted by molar-refractivity contribution is 5.99. The summed E-state index contributed by atoms with van der Waals surface area (Å²) in [5.74, 6) is 0.0963. The van der Waals surface area contributed by atoms with Crippen LogP contribution in [0.3, 0.4) is 0 Å². The number of benzene rings is 2. The average molecular weight is 256 g/mol. The van der Waals surface area contributed by atoms with Gasteiger partial charge in [0.1, 0.15) is 5.75 Å². The summed E-state index contributed by atoms with van der Waals surface area (Å²) in [5.41, 5.74) is 8.67. The van der Waals surface area contributed by atoms with Crippen molar-refractivity contribution in [2.45, 2.75) is 13.8 Å². The number of carbonyl (C=O) groups is 1. The average Bonchev–Trinajstić information content (AvgIpc) is 2.36. The molecule has 2 rings (SSSR count). The lowest BCUT2D eigenvalue weighted by atomic mass is 10.1. The molecule has 3 N–H and O–H groups in total. The first-order chi connectivity index (χ1) is 8.99. The van der Waals surface area contributed by atoms with Crippen LogP contribution in [-0.2, 0) is 0 Å². The van der Waals surface area contributed by atoms with Crippen LogP contribution >= 0.6 is 0 Å². The standard InChI is InChI=1S/C15H16N2O2/c1-10-3-6-12(7-4-10)17(15(16)19)14-9-13(18)8-5-11(14)2/h3-9,18H,1-2H3,(H2,16,19). The van der Waals surface area contributed by atoms with Crippen molar-refractivity contribution in [2.24, 2.45) is 5.73 Å². The molecule has 0 aliphatic carbocycles. The van der Waals surface area contributed by atoms with Crippen molar-refractivity contribution >= 4 is 17.4 Å². The van der Waals surface area contributed by atoms with Crippen molar-refractivity contribution in [2.75, 3.05) is 4.90 Å². The summed E-state index contributed by atoms with van der Waals surface area (Å²) < 4.78 is 0. The third-order valence-corrected chi connectivity index (χ3v) is 2.95. The Kier molecular flexibility index (Phi) is 3.42. The highest BCUT2D eigenvalue weighted by Crippen LogP contribution is 2.31. The molecule has 98 valence electrons. The van der Waals surface area contributed by atoms with Crippen LogP contribution in [0.5, 0.6) is 5.75 Å². The molecular weight excluding hydrogens is 240 g/mol. The molecule has 0 saturated carbocycles. The molecule has 0 spiro atoms. The van der Waals surface area contributed by atoms with E-state index in [1.807, 2.05) is 38.1 Å². The number of primary amides is 1. The maximum absolute atomic E-state index is 11.7. The van der Waals surface area contributed by atoms with Gasteiger partial charge in [0.05, 0.1) is 11.4 Å². The molecule has 0 unspecified atom stereocenters. The molecule has 0 aliphatic heterocycles. The molecule has 2 amide bonds. The Hall–Kier alpha value is -2.49. The van der Waals surface area contributed by atoms with Crippen molar-refractivity contribution in [1.82, 2.24) is 0 Å². The fraction of sp³-hybridized carbons (Fsp3) is 0.133. The van der Waals surface area contributed by atoms with Crippen LogP contribution in [-0.4, -0.2) is 11.1 Å². The molecule has 2 aromatic carbocycles. The van der Waals surface area contributed by atoms with Gasteiger partial charge in [0.2, 0.25) is 0 Å². The Morgan fingerprint density at radius 3 is 2.32 bits per heavy atom. The molecule has 19 heavy (non-hydrogen) atoms. The fourth-order valence-electron chi connectivity index (χ4n) is 1.92. The Morgan fingerprint density at radius 1 is 1.11 bits per heavy atom. The number of hydrogen-bond acceptors (Lipinski definition) is 2. The molecule has 0 heterocycles. The first kappa shape index (κ1) is 13.0. The van der Waals surface area contributed by atoms with Gasteiger partial charge in [0, 0.05) is 6.07 Å². The van der Waals surface area contributed by atoms with Gasteiger partial charge in [-0.2, -0.15) is 0 Å². The van der Waals surface area contributed by atoms with E-state index in [9.17, 15) is 9.90 Å². The number of hydrogen-bond donors (Lipinski definition) is 2. The van der Waals surface area contributed by atoms with Gasteiger partial charge in [-0.3, -0.25) is 4.90 Å². The number of phenolic OH excluding ortho intramolecular Hbond substituents is 1. The van der Waals surface area contributed by atoms with E-state index in [2.05, 4.69) is 0 Å². The number of aryl methyl sites for hydroxylation is 2. The van der Waals surface area contributed by atoms with Gasteiger partial charge >= 0.3 is 6.03 Å². The topological polar surface area (TPSA) is 66.6 Å². The van der Waals surface area contributed by atoms with Gasteiger partial charge < -0.3 is 10.8 Å². The minimum absolute atomic E-state index is 0.0963. The number of rotatable bonds is 2. The number of anilines is 2. The number of aromatic hydroxyl groups is 1. The molecule has 0 saturated heterocycles. The Labute approximate surface area is 112 Å². The predicted molar refractivity (Wildman–Crippen MR) is 75.7 cm³/mol. The van der Waals surface area contributed by atoms with Gasteiger partial charge in [0.15, 0.2) is 0 Å². The molecular formula is C15H16N2O2. The highest BCUT2D eigenvalue weighted by atomic mass is 16.3. The summed E-state index contributed by atoms with van der Waals surface area (Å²) >= 11 is 0. The summed E-state index contributed by atoms with van der Waals surface area (Å²) in [4.78, 5) is 13.1. The Morgan fingerprint density at radius 2 is 1.74 bits per heavy atom. The molecule has 4 nitrogen and oxygen atoms in total. The van der Waals surface area contributed by atoms with Gasteiger partial charge in [-0.25, -0.2) is 4.79 Å². The molecule has 0 fully saturated rings. The molecule has 4 heteroatoms. The summed E-state index contributed by atoms with van der Waals surface area (Å²) in [5, 5.41) is 9.58. The Balaban J connectivity index is 2.54. The molecule has 0 aliphatic rings. The van der Waals surface area contributed by atoms with E-state index in [-0.39, 0.29) is 5.75 Å². The lowest BCUT2D eigenvalue weighted by molar-refractivity contribution is 0.256. The van der Waals surface area contributed by atoms with E-state index in [0.29, 0.717) is 11.4 Å². The second kappa shape index (κ2) is 5.02. The van der Waals surface area contributed by atoms with E-state index < -0.39 is 6.03 Å². The van der Waals surface area contributed by atoms with Crippen LogP contribution in [0, 0.1) is 13.8 Å². The number of carbonyl (C=O) groups excluding carboxylic acids is 1. The van der Waals surface area contributed by atoms with Gasteiger partial charge in [-0.15, -0.1) is 0 Å². The summed E-state index contributed by atoms with van der Waals surface area (Å²) in [6.45, 7) is 3.83. The summed E-state index contributed by atoms with van der Waals surface area (Å²) in [7, 11) is 0. The predicted octanol–water partition coefficient (Wildman–Crippen LogP) is 3.23. The lowest BCUT2D eigenvalue weighted by Crippen LogP contribution is -2.31. The monoisotopic (exact) mass is 256 g/mol. The van der Waals surface area contributed by atoms with Crippen molar-refractivity contribution in [1.29, 1.82) is 0 Å². The molecule has 0 bridgehead atoms. The Bertz CT molecular complexity index is 606. The molecule has 0 radical (unpaired) electrons. The van der Waals surface area contributed by atoms with Crippen molar-refractivity contribution < 1.29 is 9.90 Å². The van der Waals surface area contributed by atoms with Crippen LogP contribution in [0.25, 0.3) is 0 Å². The zero-order chi connectivity index (χ0) is 14.0. The zero-order valence-corrected chi connectivity index (χ0v) is 10.9. The number of urea groups is 1. The molecule has 0 atom stereocenters. The van der Waals surface area contributed by atoms with Crippen LogP contribution in [0.1, 0.15) is 11.1 Å². The van der Waals surface area contributed by atoms with Gasteiger partial charge in [0.25, 0.3) is 0 Å². The van der Waals surface area contributed by atoms with Crippen LogP contribution < -0.4 is 10.6 Å². The largest absolute Gasteiger partial charge is 0.508 e. The van der Waals surface area contributed by atoms with E-state index in [1.54, 1.807) is 12.1 Å². The second-order valence-corrected chi connectivity index (χ2v) is 4.48. The number of nitrogens with zero attached hydrogens (tertiary/aromatic N) is 1. The summed E-state index contributed by atoms with van der Waals surface area (Å²) in [6.07, 6.45) is 0. The quantitative estimate of drug-likeness (QED) is 0.866. The lowest BCUT2D eigenvalue weighted by Gasteiger charge is -2.22. The minimum Gasteiger partial charge on any atom is -0.508 e. The first-order valence-electron chi connectivity index (χ1n) is 5.95. The fourth-order valence-corrected chi connectivity index (χ4v) is 1.92. The van der Waals surface area contributed by atoms with Crippen LogP contribution in [0.15, 0.2) is 42.5 Å². The maximum atomic E-state index is 11.7.